The quantitative estimate of drug-likeness (QED) is 0.477. The van der Waals surface area contributed by atoms with Crippen LogP contribution in [0.3, 0.4) is 0 Å². The normalized spacial score (nSPS) is 10.4. The SMILES string of the molecule is CC(C)OC(=O)c1cc(I)cnc1Cl. The Morgan fingerprint density at radius 2 is 2.29 bits per heavy atom. The third-order valence-electron chi connectivity index (χ3n) is 1.37. The molecule has 1 heterocycles. The highest BCUT2D eigenvalue weighted by Gasteiger charge is 2.14. The summed E-state index contributed by atoms with van der Waals surface area (Å²) < 4.78 is 5.86. The number of carbonyl (C=O) groups is 1. The van der Waals surface area contributed by atoms with E-state index >= 15 is 0 Å². The van der Waals surface area contributed by atoms with Gasteiger partial charge in [0.2, 0.25) is 0 Å². The summed E-state index contributed by atoms with van der Waals surface area (Å²) in [7, 11) is 0. The van der Waals surface area contributed by atoms with Gasteiger partial charge in [-0.3, -0.25) is 0 Å². The number of pyridine rings is 1. The van der Waals surface area contributed by atoms with Crippen LogP contribution in [0.4, 0.5) is 0 Å². The van der Waals surface area contributed by atoms with Gasteiger partial charge in [0.1, 0.15) is 5.15 Å². The molecule has 1 aromatic rings. The van der Waals surface area contributed by atoms with Gasteiger partial charge in [-0.25, -0.2) is 9.78 Å². The van der Waals surface area contributed by atoms with Crippen LogP contribution in [0, 0.1) is 3.57 Å². The lowest BCUT2D eigenvalue weighted by Gasteiger charge is -2.08. The molecule has 5 heteroatoms. The first-order valence-corrected chi connectivity index (χ1v) is 5.48. The van der Waals surface area contributed by atoms with Crippen LogP contribution in [0.1, 0.15) is 24.2 Å². The summed E-state index contributed by atoms with van der Waals surface area (Å²) in [5.41, 5.74) is 0.312. The number of rotatable bonds is 2. The summed E-state index contributed by atoms with van der Waals surface area (Å²) in [5.74, 6) is -0.434. The highest BCUT2D eigenvalue weighted by molar-refractivity contribution is 14.1. The van der Waals surface area contributed by atoms with E-state index in [0.29, 0.717) is 5.56 Å². The summed E-state index contributed by atoms with van der Waals surface area (Å²) in [5, 5.41) is 0.177. The minimum Gasteiger partial charge on any atom is -0.459 e. The summed E-state index contributed by atoms with van der Waals surface area (Å²) >= 11 is 7.82. The first-order valence-electron chi connectivity index (χ1n) is 4.02. The van der Waals surface area contributed by atoms with Crippen LogP contribution in [0.2, 0.25) is 5.15 Å². The number of hydrogen-bond acceptors (Lipinski definition) is 3. The highest BCUT2D eigenvalue weighted by Crippen LogP contribution is 2.17. The van der Waals surface area contributed by atoms with Crippen molar-refractivity contribution < 1.29 is 9.53 Å². The zero-order chi connectivity index (χ0) is 10.7. The van der Waals surface area contributed by atoms with Gasteiger partial charge in [-0.1, -0.05) is 11.6 Å². The van der Waals surface area contributed by atoms with Crippen LogP contribution in [0.15, 0.2) is 12.3 Å². The van der Waals surface area contributed by atoms with E-state index in [-0.39, 0.29) is 11.3 Å². The van der Waals surface area contributed by atoms with Gasteiger partial charge >= 0.3 is 5.97 Å². The zero-order valence-electron chi connectivity index (χ0n) is 7.75. The van der Waals surface area contributed by atoms with E-state index in [9.17, 15) is 4.79 Å². The predicted octanol–water partition coefficient (Wildman–Crippen LogP) is 2.90. The molecule has 0 amide bonds. The third-order valence-corrected chi connectivity index (χ3v) is 2.26. The molecule has 0 aromatic carbocycles. The van der Waals surface area contributed by atoms with E-state index in [1.165, 1.54) is 0 Å². The van der Waals surface area contributed by atoms with E-state index in [2.05, 4.69) is 27.6 Å². The lowest BCUT2D eigenvalue weighted by Crippen LogP contribution is -2.12. The van der Waals surface area contributed by atoms with E-state index in [4.69, 9.17) is 16.3 Å². The molecule has 0 aliphatic rings. The van der Waals surface area contributed by atoms with E-state index < -0.39 is 5.97 Å². The molecule has 76 valence electrons. The predicted molar refractivity (Wildman–Crippen MR) is 62.5 cm³/mol. The summed E-state index contributed by atoms with van der Waals surface area (Å²) in [6, 6.07) is 1.65. The van der Waals surface area contributed by atoms with Crippen molar-refractivity contribution in [3.8, 4) is 0 Å². The molecule has 0 saturated heterocycles. The minimum atomic E-state index is -0.434. The number of carbonyl (C=O) groups excluding carboxylic acids is 1. The van der Waals surface area contributed by atoms with Crippen LogP contribution in [0.25, 0.3) is 0 Å². The maximum Gasteiger partial charge on any atom is 0.341 e. The molecule has 1 rings (SSSR count). The molecule has 0 atom stereocenters. The first-order chi connectivity index (χ1) is 6.50. The van der Waals surface area contributed by atoms with Crippen LogP contribution in [0.5, 0.6) is 0 Å². The second kappa shape index (κ2) is 4.93. The van der Waals surface area contributed by atoms with Crippen molar-refractivity contribution in [3.63, 3.8) is 0 Å². The van der Waals surface area contributed by atoms with Crippen molar-refractivity contribution in [2.75, 3.05) is 0 Å². The Kier molecular flexibility index (Phi) is 4.12. The molecule has 0 aliphatic heterocycles. The number of aromatic nitrogens is 1. The Balaban J connectivity index is 2.94. The molecule has 0 fully saturated rings. The Hall–Kier alpha value is -0.360. The molecule has 0 N–H and O–H groups in total. The van der Waals surface area contributed by atoms with Gasteiger partial charge in [0.05, 0.1) is 11.7 Å². The topological polar surface area (TPSA) is 39.2 Å². The number of hydrogen-bond donors (Lipinski definition) is 0. The van der Waals surface area contributed by atoms with Crippen molar-refractivity contribution in [1.29, 1.82) is 0 Å². The fourth-order valence-electron chi connectivity index (χ4n) is 0.843. The monoisotopic (exact) mass is 325 g/mol. The number of halogens is 2. The molecule has 3 nitrogen and oxygen atoms in total. The van der Waals surface area contributed by atoms with E-state index in [0.717, 1.165) is 3.57 Å². The Morgan fingerprint density at radius 3 is 2.86 bits per heavy atom. The number of ether oxygens (including phenoxy) is 1. The number of esters is 1. The van der Waals surface area contributed by atoms with Gasteiger partial charge < -0.3 is 4.74 Å². The van der Waals surface area contributed by atoms with Crippen molar-refractivity contribution >= 4 is 40.2 Å². The average molecular weight is 326 g/mol. The van der Waals surface area contributed by atoms with E-state index in [1.54, 1.807) is 26.1 Å². The lowest BCUT2D eigenvalue weighted by atomic mass is 10.3. The fourth-order valence-corrected chi connectivity index (χ4v) is 1.47. The van der Waals surface area contributed by atoms with Crippen molar-refractivity contribution in [2.45, 2.75) is 20.0 Å². The summed E-state index contributed by atoms with van der Waals surface area (Å²) in [4.78, 5) is 15.3. The van der Waals surface area contributed by atoms with Gasteiger partial charge in [0.15, 0.2) is 0 Å². The molecule has 0 unspecified atom stereocenters. The number of nitrogens with zero attached hydrogens (tertiary/aromatic N) is 1. The molecular formula is C9H9ClINO2. The summed E-state index contributed by atoms with van der Waals surface area (Å²) in [6.07, 6.45) is 1.44. The van der Waals surface area contributed by atoms with Crippen LogP contribution in [-0.4, -0.2) is 17.1 Å². The van der Waals surface area contributed by atoms with Gasteiger partial charge in [-0.05, 0) is 42.5 Å². The lowest BCUT2D eigenvalue weighted by molar-refractivity contribution is 0.0377. The van der Waals surface area contributed by atoms with Gasteiger partial charge in [0, 0.05) is 9.77 Å². The average Bonchev–Trinajstić information content (AvgIpc) is 2.08. The maximum atomic E-state index is 11.5. The smallest absolute Gasteiger partial charge is 0.341 e. The second-order valence-electron chi connectivity index (χ2n) is 2.95. The minimum absolute atomic E-state index is 0.156. The van der Waals surface area contributed by atoms with Gasteiger partial charge in [-0.2, -0.15) is 0 Å². The van der Waals surface area contributed by atoms with E-state index in [1.807, 2.05) is 0 Å². The molecule has 14 heavy (non-hydrogen) atoms. The fraction of sp³-hybridized carbons (Fsp3) is 0.333. The molecule has 0 spiro atoms. The Bertz CT molecular complexity index is 355. The van der Waals surface area contributed by atoms with Crippen LogP contribution in [-0.2, 0) is 4.74 Å². The first kappa shape index (κ1) is 11.7. The molecule has 0 radical (unpaired) electrons. The Morgan fingerprint density at radius 1 is 1.64 bits per heavy atom. The Labute approximate surface area is 101 Å². The summed E-state index contributed by atoms with van der Waals surface area (Å²) in [6.45, 7) is 3.57. The second-order valence-corrected chi connectivity index (χ2v) is 4.55. The van der Waals surface area contributed by atoms with Crippen LogP contribution < -0.4 is 0 Å². The van der Waals surface area contributed by atoms with Gasteiger partial charge in [-0.15, -0.1) is 0 Å². The van der Waals surface area contributed by atoms with Crippen LogP contribution >= 0.6 is 34.2 Å². The van der Waals surface area contributed by atoms with Gasteiger partial charge in [0.25, 0.3) is 0 Å². The van der Waals surface area contributed by atoms with Crippen molar-refractivity contribution in [2.24, 2.45) is 0 Å². The highest BCUT2D eigenvalue weighted by atomic mass is 127. The maximum absolute atomic E-state index is 11.5. The molecule has 0 bridgehead atoms. The molecular weight excluding hydrogens is 316 g/mol. The molecule has 1 aromatic heterocycles. The van der Waals surface area contributed by atoms with Crippen molar-refractivity contribution in [1.82, 2.24) is 4.98 Å². The molecule has 0 aliphatic carbocycles. The third kappa shape index (κ3) is 3.09. The standard InChI is InChI=1S/C9H9ClINO2/c1-5(2)14-9(13)7-3-6(11)4-12-8(7)10/h3-5H,1-2H3. The largest absolute Gasteiger partial charge is 0.459 e. The zero-order valence-corrected chi connectivity index (χ0v) is 10.7. The van der Waals surface area contributed by atoms with Crippen molar-refractivity contribution in [3.05, 3.63) is 26.5 Å². The molecule has 0 saturated carbocycles.